The van der Waals surface area contributed by atoms with Crippen molar-refractivity contribution in [2.75, 3.05) is 5.75 Å². The molecule has 0 aromatic carbocycles. The number of nitrogens with zero attached hydrogens (tertiary/aromatic N) is 2. The zero-order valence-electron chi connectivity index (χ0n) is 5.82. The molecule has 0 radical (unpaired) electrons. The molecule has 0 amide bonds. The van der Waals surface area contributed by atoms with E-state index in [0.29, 0.717) is 5.75 Å². The van der Waals surface area contributed by atoms with E-state index in [-0.39, 0.29) is 5.84 Å². The zero-order chi connectivity index (χ0) is 8.10. The Kier molecular flexibility index (Phi) is 2.85. The summed E-state index contributed by atoms with van der Waals surface area (Å²) in [7, 11) is 0. The first-order valence-corrected chi connectivity index (χ1v) is 3.99. The monoisotopic (exact) mass is 168 g/mol. The van der Waals surface area contributed by atoms with E-state index in [2.05, 4.69) is 9.97 Å². The molecule has 1 rings (SSSR count). The number of hydrogen-bond acceptors (Lipinski definition) is 4. The van der Waals surface area contributed by atoms with Gasteiger partial charge in [-0.05, 0) is 6.07 Å². The minimum Gasteiger partial charge on any atom is -0.387 e. The van der Waals surface area contributed by atoms with Crippen molar-refractivity contribution < 1.29 is 0 Å². The van der Waals surface area contributed by atoms with Crippen LogP contribution in [0.5, 0.6) is 0 Å². The van der Waals surface area contributed by atoms with Crippen molar-refractivity contribution in [2.24, 2.45) is 5.73 Å². The van der Waals surface area contributed by atoms with Gasteiger partial charge in [0, 0.05) is 6.20 Å². The zero-order valence-corrected chi connectivity index (χ0v) is 6.64. The predicted octanol–water partition coefficient (Wildman–Crippen LogP) is 0.505. The van der Waals surface area contributed by atoms with Gasteiger partial charge < -0.3 is 5.73 Å². The topological polar surface area (TPSA) is 75.7 Å². The summed E-state index contributed by atoms with van der Waals surface area (Å²) in [6.07, 6.45) is 3.14. The van der Waals surface area contributed by atoms with E-state index in [1.54, 1.807) is 12.3 Å². The van der Waals surface area contributed by atoms with Crippen LogP contribution >= 0.6 is 11.8 Å². The van der Waals surface area contributed by atoms with Gasteiger partial charge in [0.05, 0.1) is 10.8 Å². The van der Waals surface area contributed by atoms with Crippen LogP contribution in [-0.4, -0.2) is 21.6 Å². The predicted molar refractivity (Wildman–Crippen MR) is 44.7 cm³/mol. The van der Waals surface area contributed by atoms with Crippen LogP contribution in [0.3, 0.4) is 0 Å². The van der Waals surface area contributed by atoms with Gasteiger partial charge in [-0.25, -0.2) is 9.97 Å². The quantitative estimate of drug-likeness (QED) is 0.298. The first-order valence-electron chi connectivity index (χ1n) is 3.01. The second-order valence-corrected chi connectivity index (χ2v) is 2.86. The Hall–Kier alpha value is -1.10. The fourth-order valence-corrected chi connectivity index (χ4v) is 1.10. The highest BCUT2D eigenvalue weighted by atomic mass is 32.2. The molecule has 0 spiro atoms. The maximum absolute atomic E-state index is 6.96. The number of amidine groups is 1. The van der Waals surface area contributed by atoms with Crippen molar-refractivity contribution in [3.05, 3.63) is 18.6 Å². The van der Waals surface area contributed by atoms with Crippen molar-refractivity contribution >= 4 is 17.6 Å². The second kappa shape index (κ2) is 3.92. The van der Waals surface area contributed by atoms with E-state index in [0.717, 1.165) is 5.03 Å². The van der Waals surface area contributed by atoms with Crippen LogP contribution < -0.4 is 5.73 Å². The first kappa shape index (κ1) is 8.00. The minimum atomic E-state index is 0.161. The number of thioether (sulfide) groups is 1. The van der Waals surface area contributed by atoms with Gasteiger partial charge in [0.1, 0.15) is 12.2 Å². The summed E-state index contributed by atoms with van der Waals surface area (Å²) in [6, 6.07) is 1.79. The molecule has 0 bridgehead atoms. The first-order chi connectivity index (χ1) is 5.29. The number of nitrogens with two attached hydrogens (primary N) is 1. The molecule has 0 saturated heterocycles. The highest BCUT2D eigenvalue weighted by Gasteiger charge is 1.94. The summed E-state index contributed by atoms with van der Waals surface area (Å²) < 4.78 is 0. The van der Waals surface area contributed by atoms with Crippen molar-refractivity contribution in [1.82, 2.24) is 9.97 Å². The maximum atomic E-state index is 6.96. The minimum absolute atomic E-state index is 0.161. The number of hydrogen-bond donors (Lipinski definition) is 2. The lowest BCUT2D eigenvalue weighted by atomic mass is 10.7. The summed E-state index contributed by atoms with van der Waals surface area (Å²) in [6.45, 7) is 0. The lowest BCUT2D eigenvalue weighted by Gasteiger charge is -1.96. The summed E-state index contributed by atoms with van der Waals surface area (Å²) in [5, 5.41) is 7.80. The van der Waals surface area contributed by atoms with E-state index < -0.39 is 0 Å². The fraction of sp³-hybridized carbons (Fsp3) is 0.167. The van der Waals surface area contributed by atoms with Crippen LogP contribution in [0.1, 0.15) is 0 Å². The Bertz CT molecular complexity index is 236. The summed E-state index contributed by atoms with van der Waals surface area (Å²) >= 11 is 1.43. The van der Waals surface area contributed by atoms with Crippen LogP contribution in [0.25, 0.3) is 0 Å². The van der Waals surface area contributed by atoms with Crippen LogP contribution in [0, 0.1) is 5.41 Å². The van der Waals surface area contributed by atoms with Crippen LogP contribution in [0.15, 0.2) is 23.6 Å². The highest BCUT2D eigenvalue weighted by Crippen LogP contribution is 2.11. The molecule has 1 heterocycles. The molecule has 4 nitrogen and oxygen atoms in total. The molecule has 0 fully saturated rings. The highest BCUT2D eigenvalue weighted by molar-refractivity contribution is 7.99. The fourth-order valence-electron chi connectivity index (χ4n) is 0.516. The van der Waals surface area contributed by atoms with E-state index in [1.165, 1.54) is 18.1 Å². The lowest BCUT2D eigenvalue weighted by Crippen LogP contribution is -2.12. The van der Waals surface area contributed by atoms with Crippen LogP contribution in [-0.2, 0) is 0 Å². The Morgan fingerprint density at radius 1 is 1.73 bits per heavy atom. The van der Waals surface area contributed by atoms with Gasteiger partial charge in [-0.15, -0.1) is 0 Å². The van der Waals surface area contributed by atoms with Gasteiger partial charge in [0.15, 0.2) is 0 Å². The number of rotatable bonds is 3. The average molecular weight is 168 g/mol. The Labute approximate surface area is 68.7 Å². The van der Waals surface area contributed by atoms with Crippen molar-refractivity contribution in [3.63, 3.8) is 0 Å². The molecule has 0 unspecified atom stereocenters. The standard InChI is InChI=1S/C6H8N4S/c7-5(8)3-11-6-1-2-9-4-10-6/h1-2,4H,3H2,(H3,7,8). The molecule has 1 aromatic rings. The van der Waals surface area contributed by atoms with Crippen LogP contribution in [0.4, 0.5) is 0 Å². The molecular weight excluding hydrogens is 160 g/mol. The van der Waals surface area contributed by atoms with Crippen LogP contribution in [0.2, 0.25) is 0 Å². The van der Waals surface area contributed by atoms with Gasteiger partial charge >= 0.3 is 0 Å². The molecule has 0 aliphatic heterocycles. The van der Waals surface area contributed by atoms with Crippen molar-refractivity contribution in [3.8, 4) is 0 Å². The molecule has 3 N–H and O–H groups in total. The van der Waals surface area contributed by atoms with Gasteiger partial charge in [0.25, 0.3) is 0 Å². The molecule has 0 saturated carbocycles. The maximum Gasteiger partial charge on any atom is 0.116 e. The molecule has 5 heteroatoms. The van der Waals surface area contributed by atoms with E-state index in [9.17, 15) is 0 Å². The second-order valence-electron chi connectivity index (χ2n) is 1.86. The molecule has 0 atom stereocenters. The van der Waals surface area contributed by atoms with Gasteiger partial charge in [-0.1, -0.05) is 11.8 Å². The van der Waals surface area contributed by atoms with Gasteiger partial charge in [0.2, 0.25) is 0 Å². The summed E-state index contributed by atoms with van der Waals surface area (Å²) in [5.74, 6) is 0.644. The number of aromatic nitrogens is 2. The van der Waals surface area contributed by atoms with Crippen molar-refractivity contribution in [1.29, 1.82) is 5.41 Å². The van der Waals surface area contributed by atoms with Crippen molar-refractivity contribution in [2.45, 2.75) is 5.03 Å². The molecule has 0 aliphatic carbocycles. The normalized spacial score (nSPS) is 9.45. The number of nitrogens with one attached hydrogen (secondary N) is 1. The Morgan fingerprint density at radius 3 is 3.09 bits per heavy atom. The Morgan fingerprint density at radius 2 is 2.55 bits per heavy atom. The average Bonchev–Trinajstić information content (AvgIpc) is 2.03. The molecular formula is C6H8N4S. The summed E-state index contributed by atoms with van der Waals surface area (Å²) in [5.41, 5.74) is 5.16. The van der Waals surface area contributed by atoms with E-state index in [4.69, 9.17) is 11.1 Å². The molecule has 0 aliphatic rings. The summed E-state index contributed by atoms with van der Waals surface area (Å²) in [4.78, 5) is 7.71. The molecule has 1 aromatic heterocycles. The van der Waals surface area contributed by atoms with E-state index in [1.807, 2.05) is 0 Å². The third kappa shape index (κ3) is 2.99. The van der Waals surface area contributed by atoms with Gasteiger partial charge in [-0.2, -0.15) is 0 Å². The smallest absolute Gasteiger partial charge is 0.116 e. The third-order valence-electron chi connectivity index (χ3n) is 0.930. The molecule has 11 heavy (non-hydrogen) atoms. The third-order valence-corrected chi connectivity index (χ3v) is 1.92. The van der Waals surface area contributed by atoms with Gasteiger partial charge in [-0.3, -0.25) is 5.41 Å². The largest absolute Gasteiger partial charge is 0.387 e. The Balaban J connectivity index is 2.45. The lowest BCUT2D eigenvalue weighted by molar-refractivity contribution is 1.05. The molecule has 58 valence electrons. The van der Waals surface area contributed by atoms with E-state index >= 15 is 0 Å². The SMILES string of the molecule is N=C(N)CSc1ccncn1.